The highest BCUT2D eigenvalue weighted by Crippen LogP contribution is 2.39. The molecule has 6 heteroatoms. The van der Waals surface area contributed by atoms with E-state index in [0.717, 1.165) is 5.56 Å². The molecular weight excluding hydrogens is 288 g/mol. The van der Waals surface area contributed by atoms with Crippen LogP contribution in [0.4, 0.5) is 0 Å². The number of halogens is 1. The van der Waals surface area contributed by atoms with Crippen LogP contribution in [0.1, 0.15) is 17.4 Å². The molecule has 0 amide bonds. The molecule has 106 valence electrons. The van der Waals surface area contributed by atoms with Crippen LogP contribution >= 0.6 is 11.6 Å². The van der Waals surface area contributed by atoms with Crippen molar-refractivity contribution < 1.29 is 17.9 Å². The number of methoxy groups -OCH3 is 2. The van der Waals surface area contributed by atoms with Crippen molar-refractivity contribution in [2.75, 3.05) is 25.7 Å². The van der Waals surface area contributed by atoms with Gasteiger partial charge in [-0.1, -0.05) is 6.07 Å². The lowest BCUT2D eigenvalue weighted by molar-refractivity contribution is 0.354. The molecule has 2 rings (SSSR count). The summed E-state index contributed by atoms with van der Waals surface area (Å²) in [5.41, 5.74) is 0.862. The Morgan fingerprint density at radius 1 is 1.26 bits per heavy atom. The van der Waals surface area contributed by atoms with Crippen LogP contribution < -0.4 is 9.47 Å². The van der Waals surface area contributed by atoms with Gasteiger partial charge in [-0.3, -0.25) is 0 Å². The first-order valence-electron chi connectivity index (χ1n) is 6.03. The average Bonchev–Trinajstić information content (AvgIpc) is 2.77. The highest BCUT2D eigenvalue weighted by molar-refractivity contribution is 7.91. The Bertz CT molecular complexity index is 556. The fourth-order valence-corrected chi connectivity index (χ4v) is 4.65. The van der Waals surface area contributed by atoms with E-state index < -0.39 is 9.84 Å². The zero-order valence-corrected chi connectivity index (χ0v) is 12.5. The van der Waals surface area contributed by atoms with E-state index in [1.807, 2.05) is 6.07 Å². The van der Waals surface area contributed by atoms with Crippen molar-refractivity contribution in [3.05, 3.63) is 23.8 Å². The Balaban J connectivity index is 2.22. The maximum absolute atomic E-state index is 11.5. The van der Waals surface area contributed by atoms with Crippen molar-refractivity contribution in [3.8, 4) is 11.5 Å². The van der Waals surface area contributed by atoms with Gasteiger partial charge in [0.05, 0.1) is 31.1 Å². The molecule has 1 fully saturated rings. The SMILES string of the molecule is COc1ccc(C(Cl)C2CCS(=O)(=O)C2)cc1OC. The molecule has 0 aromatic heterocycles. The van der Waals surface area contributed by atoms with Crippen molar-refractivity contribution in [2.45, 2.75) is 11.8 Å². The zero-order valence-electron chi connectivity index (χ0n) is 10.9. The van der Waals surface area contributed by atoms with E-state index in [9.17, 15) is 8.42 Å². The summed E-state index contributed by atoms with van der Waals surface area (Å²) in [5.74, 6) is 1.59. The monoisotopic (exact) mass is 304 g/mol. The van der Waals surface area contributed by atoms with Crippen molar-refractivity contribution in [1.29, 1.82) is 0 Å². The summed E-state index contributed by atoms with van der Waals surface area (Å²) in [7, 11) is 0.212. The molecular formula is C13H17ClO4S. The van der Waals surface area contributed by atoms with Crippen LogP contribution in [-0.2, 0) is 9.84 Å². The van der Waals surface area contributed by atoms with Gasteiger partial charge in [0, 0.05) is 0 Å². The molecule has 4 nitrogen and oxygen atoms in total. The maximum Gasteiger partial charge on any atom is 0.161 e. The standard InChI is InChI=1S/C13H17ClO4S/c1-17-11-4-3-9(7-12(11)18-2)13(14)10-5-6-19(15,16)8-10/h3-4,7,10,13H,5-6,8H2,1-2H3. The Morgan fingerprint density at radius 3 is 2.47 bits per heavy atom. The van der Waals surface area contributed by atoms with Gasteiger partial charge in [0.1, 0.15) is 0 Å². The van der Waals surface area contributed by atoms with E-state index in [1.165, 1.54) is 0 Å². The van der Waals surface area contributed by atoms with E-state index >= 15 is 0 Å². The van der Waals surface area contributed by atoms with Crippen LogP contribution in [0.2, 0.25) is 0 Å². The lowest BCUT2D eigenvalue weighted by Crippen LogP contribution is -2.10. The van der Waals surface area contributed by atoms with Crippen LogP contribution in [0.5, 0.6) is 11.5 Å². The lowest BCUT2D eigenvalue weighted by Gasteiger charge is -2.17. The number of hydrogen-bond acceptors (Lipinski definition) is 4. The van der Waals surface area contributed by atoms with Gasteiger partial charge in [0.25, 0.3) is 0 Å². The van der Waals surface area contributed by atoms with E-state index in [2.05, 4.69) is 0 Å². The van der Waals surface area contributed by atoms with Crippen molar-refractivity contribution >= 4 is 21.4 Å². The second kappa shape index (κ2) is 5.59. The second-order valence-corrected chi connectivity index (χ2v) is 7.38. The maximum atomic E-state index is 11.5. The number of alkyl halides is 1. The summed E-state index contributed by atoms with van der Waals surface area (Å²) in [6, 6.07) is 5.44. The van der Waals surface area contributed by atoms with Crippen LogP contribution in [0.25, 0.3) is 0 Å². The van der Waals surface area contributed by atoms with Crippen LogP contribution in [0, 0.1) is 5.92 Å². The van der Waals surface area contributed by atoms with Crippen molar-refractivity contribution in [1.82, 2.24) is 0 Å². The minimum absolute atomic E-state index is 0.0373. The van der Waals surface area contributed by atoms with E-state index in [-0.39, 0.29) is 22.8 Å². The molecule has 0 spiro atoms. The first-order chi connectivity index (χ1) is 8.96. The molecule has 0 bridgehead atoms. The fourth-order valence-electron chi connectivity index (χ4n) is 2.35. The molecule has 1 aliphatic rings. The van der Waals surface area contributed by atoms with E-state index in [1.54, 1.807) is 26.4 Å². The number of ether oxygens (including phenoxy) is 2. The highest BCUT2D eigenvalue weighted by atomic mass is 35.5. The Kier molecular flexibility index (Phi) is 4.26. The Morgan fingerprint density at radius 2 is 1.95 bits per heavy atom. The minimum atomic E-state index is -2.92. The van der Waals surface area contributed by atoms with Gasteiger partial charge in [0.2, 0.25) is 0 Å². The molecule has 0 radical (unpaired) electrons. The lowest BCUT2D eigenvalue weighted by atomic mass is 9.98. The molecule has 1 aromatic carbocycles. The third-order valence-corrected chi connectivity index (χ3v) is 5.81. The number of benzene rings is 1. The summed E-state index contributed by atoms with van der Waals surface area (Å²) < 4.78 is 33.4. The average molecular weight is 305 g/mol. The topological polar surface area (TPSA) is 52.6 Å². The molecule has 0 N–H and O–H groups in total. The predicted molar refractivity (Wildman–Crippen MR) is 74.9 cm³/mol. The molecule has 2 unspecified atom stereocenters. The van der Waals surface area contributed by atoms with Gasteiger partial charge in [-0.25, -0.2) is 8.42 Å². The summed E-state index contributed by atoms with van der Waals surface area (Å²) in [4.78, 5) is 0. The third kappa shape index (κ3) is 3.15. The van der Waals surface area contributed by atoms with Gasteiger partial charge < -0.3 is 9.47 Å². The molecule has 0 saturated carbocycles. The first-order valence-corrected chi connectivity index (χ1v) is 8.29. The smallest absolute Gasteiger partial charge is 0.161 e. The van der Waals surface area contributed by atoms with Crippen molar-refractivity contribution in [2.24, 2.45) is 5.92 Å². The third-order valence-electron chi connectivity index (χ3n) is 3.41. The van der Waals surface area contributed by atoms with Gasteiger partial charge in [-0.05, 0) is 30.0 Å². The Hall–Kier alpha value is -0.940. The first kappa shape index (κ1) is 14.5. The van der Waals surface area contributed by atoms with Crippen LogP contribution in [0.3, 0.4) is 0 Å². The molecule has 1 heterocycles. The van der Waals surface area contributed by atoms with Gasteiger partial charge in [-0.15, -0.1) is 11.6 Å². The van der Waals surface area contributed by atoms with Crippen LogP contribution in [-0.4, -0.2) is 34.1 Å². The summed E-state index contributed by atoms with van der Waals surface area (Å²) in [5, 5.41) is -0.322. The zero-order chi connectivity index (χ0) is 14.0. The summed E-state index contributed by atoms with van der Waals surface area (Å²) in [6.45, 7) is 0. The minimum Gasteiger partial charge on any atom is -0.493 e. The highest BCUT2D eigenvalue weighted by Gasteiger charge is 2.33. The number of rotatable bonds is 4. The molecule has 2 atom stereocenters. The van der Waals surface area contributed by atoms with Crippen molar-refractivity contribution in [3.63, 3.8) is 0 Å². The van der Waals surface area contributed by atoms with E-state index in [0.29, 0.717) is 17.9 Å². The second-order valence-electron chi connectivity index (χ2n) is 4.68. The normalized spacial score (nSPS) is 23.0. The summed E-state index contributed by atoms with van der Waals surface area (Å²) in [6.07, 6.45) is 0.616. The molecule has 1 aliphatic heterocycles. The quantitative estimate of drug-likeness (QED) is 0.802. The van der Waals surface area contributed by atoms with Gasteiger partial charge >= 0.3 is 0 Å². The summed E-state index contributed by atoms with van der Waals surface area (Å²) >= 11 is 6.40. The molecule has 19 heavy (non-hydrogen) atoms. The predicted octanol–water partition coefficient (Wildman–Crippen LogP) is 2.42. The van der Waals surface area contributed by atoms with Gasteiger partial charge in [-0.2, -0.15) is 0 Å². The van der Waals surface area contributed by atoms with Gasteiger partial charge in [0.15, 0.2) is 21.3 Å². The van der Waals surface area contributed by atoms with E-state index in [4.69, 9.17) is 21.1 Å². The largest absolute Gasteiger partial charge is 0.493 e. The van der Waals surface area contributed by atoms with Crippen LogP contribution in [0.15, 0.2) is 18.2 Å². The number of sulfone groups is 1. The molecule has 1 aromatic rings. The molecule has 0 aliphatic carbocycles. The molecule has 1 saturated heterocycles. The Labute approximate surface area is 118 Å². The number of hydrogen-bond donors (Lipinski definition) is 0. The fraction of sp³-hybridized carbons (Fsp3) is 0.538.